The van der Waals surface area contributed by atoms with Crippen LogP contribution in [-0.2, 0) is 0 Å². The van der Waals surface area contributed by atoms with Gasteiger partial charge in [0.15, 0.2) is 0 Å². The van der Waals surface area contributed by atoms with Gasteiger partial charge in [-0.2, -0.15) is 5.26 Å². The van der Waals surface area contributed by atoms with E-state index < -0.39 is 0 Å². The van der Waals surface area contributed by atoms with Crippen molar-refractivity contribution in [2.24, 2.45) is 5.73 Å². The molecule has 16 heavy (non-hydrogen) atoms. The Bertz CT molecular complexity index is 405. The number of hydrogen-bond acceptors (Lipinski definition) is 3. The van der Waals surface area contributed by atoms with Crippen LogP contribution in [0.2, 0.25) is 0 Å². The van der Waals surface area contributed by atoms with Gasteiger partial charge in [0.25, 0.3) is 0 Å². The number of benzene rings is 1. The third-order valence-electron chi connectivity index (χ3n) is 2.62. The first kappa shape index (κ1) is 12.5. The normalized spacial score (nSPS) is 13.9. The number of rotatable bonds is 4. The van der Waals surface area contributed by atoms with E-state index in [0.29, 0.717) is 17.9 Å². The number of nitrogens with zero attached hydrogens (tertiary/aromatic N) is 1. The van der Waals surface area contributed by atoms with E-state index in [1.165, 1.54) is 0 Å². The Morgan fingerprint density at radius 1 is 1.50 bits per heavy atom. The molecule has 1 atom stereocenters. The molecule has 86 valence electrons. The number of ether oxygens (including phenoxy) is 1. The predicted octanol–water partition coefficient (Wildman–Crippen LogP) is 2.37. The lowest BCUT2D eigenvalue weighted by atomic mass is 10.0. The van der Waals surface area contributed by atoms with Gasteiger partial charge in [-0.1, -0.05) is 13.0 Å². The van der Waals surface area contributed by atoms with Crippen LogP contribution in [0, 0.1) is 18.3 Å². The minimum absolute atomic E-state index is 0.350. The molecule has 0 saturated heterocycles. The Labute approximate surface area is 96.8 Å². The second kappa shape index (κ2) is 5.00. The maximum absolute atomic E-state index is 8.97. The molecule has 2 N–H and O–H groups in total. The first-order chi connectivity index (χ1) is 7.48. The summed E-state index contributed by atoms with van der Waals surface area (Å²) in [6.07, 6.45) is 0.834. The van der Waals surface area contributed by atoms with Crippen LogP contribution in [0.15, 0.2) is 18.2 Å². The minimum atomic E-state index is -0.350. The summed E-state index contributed by atoms with van der Waals surface area (Å²) in [7, 11) is 0. The SMILES string of the molecule is CCC(C)(N)COc1ccc(C)cc1C#N. The highest BCUT2D eigenvalue weighted by molar-refractivity contribution is 5.45. The van der Waals surface area contributed by atoms with Crippen LogP contribution < -0.4 is 10.5 Å². The molecule has 0 aliphatic heterocycles. The van der Waals surface area contributed by atoms with Crippen LogP contribution in [0.1, 0.15) is 31.4 Å². The van der Waals surface area contributed by atoms with Crippen LogP contribution in [0.4, 0.5) is 0 Å². The van der Waals surface area contributed by atoms with Gasteiger partial charge in [0.05, 0.1) is 5.56 Å². The molecule has 1 rings (SSSR count). The molecule has 3 nitrogen and oxygen atoms in total. The largest absolute Gasteiger partial charge is 0.490 e. The molecule has 0 aliphatic carbocycles. The zero-order chi connectivity index (χ0) is 12.2. The number of nitriles is 1. The van der Waals surface area contributed by atoms with Crippen molar-refractivity contribution in [1.29, 1.82) is 5.26 Å². The highest BCUT2D eigenvalue weighted by atomic mass is 16.5. The van der Waals surface area contributed by atoms with Gasteiger partial charge in [0.1, 0.15) is 18.4 Å². The van der Waals surface area contributed by atoms with Gasteiger partial charge in [-0.15, -0.1) is 0 Å². The van der Waals surface area contributed by atoms with Crippen LogP contribution >= 0.6 is 0 Å². The molecule has 0 spiro atoms. The van der Waals surface area contributed by atoms with Crippen LogP contribution in [0.25, 0.3) is 0 Å². The number of nitrogens with two attached hydrogens (primary N) is 1. The third-order valence-corrected chi connectivity index (χ3v) is 2.62. The molecule has 3 heteroatoms. The Morgan fingerprint density at radius 2 is 2.19 bits per heavy atom. The topological polar surface area (TPSA) is 59.0 Å². The van der Waals surface area contributed by atoms with Gasteiger partial charge in [0, 0.05) is 5.54 Å². The van der Waals surface area contributed by atoms with E-state index in [1.807, 2.05) is 39.0 Å². The Balaban J connectivity index is 2.79. The molecule has 0 heterocycles. The summed E-state index contributed by atoms with van der Waals surface area (Å²) in [5, 5.41) is 8.97. The van der Waals surface area contributed by atoms with E-state index in [-0.39, 0.29) is 5.54 Å². The average molecular weight is 218 g/mol. The molecule has 0 saturated carbocycles. The Kier molecular flexibility index (Phi) is 3.92. The van der Waals surface area contributed by atoms with E-state index in [0.717, 1.165) is 12.0 Å². The van der Waals surface area contributed by atoms with Crippen molar-refractivity contribution in [2.45, 2.75) is 32.7 Å². The first-order valence-corrected chi connectivity index (χ1v) is 5.41. The van der Waals surface area contributed by atoms with Crippen molar-refractivity contribution in [3.05, 3.63) is 29.3 Å². The van der Waals surface area contributed by atoms with E-state index in [4.69, 9.17) is 15.7 Å². The highest BCUT2D eigenvalue weighted by Gasteiger charge is 2.17. The third kappa shape index (κ3) is 3.25. The molecular formula is C13H18N2O. The fourth-order valence-electron chi connectivity index (χ4n) is 1.20. The molecule has 1 unspecified atom stereocenters. The maximum Gasteiger partial charge on any atom is 0.137 e. The van der Waals surface area contributed by atoms with Gasteiger partial charge in [-0.3, -0.25) is 0 Å². The quantitative estimate of drug-likeness (QED) is 0.844. The summed E-state index contributed by atoms with van der Waals surface area (Å²) in [6, 6.07) is 7.69. The molecule has 1 aromatic rings. The minimum Gasteiger partial charge on any atom is -0.490 e. The molecular weight excluding hydrogens is 200 g/mol. The summed E-state index contributed by atoms with van der Waals surface area (Å²) in [6.45, 7) is 6.32. The summed E-state index contributed by atoms with van der Waals surface area (Å²) in [4.78, 5) is 0. The molecule has 0 aliphatic rings. The van der Waals surface area contributed by atoms with Crippen molar-refractivity contribution in [3.63, 3.8) is 0 Å². The highest BCUT2D eigenvalue weighted by Crippen LogP contribution is 2.20. The fourth-order valence-corrected chi connectivity index (χ4v) is 1.20. The standard InChI is InChI=1S/C13H18N2O/c1-4-13(3,15)9-16-12-6-5-10(2)7-11(12)8-14/h5-7H,4,9,15H2,1-3H3. The average Bonchev–Trinajstić information content (AvgIpc) is 2.27. The lowest BCUT2D eigenvalue weighted by Gasteiger charge is -2.23. The second-order valence-electron chi connectivity index (χ2n) is 4.41. The summed E-state index contributed by atoms with van der Waals surface area (Å²) >= 11 is 0. The second-order valence-corrected chi connectivity index (χ2v) is 4.41. The molecule has 0 amide bonds. The summed E-state index contributed by atoms with van der Waals surface area (Å²) < 4.78 is 5.59. The van der Waals surface area contributed by atoms with E-state index in [1.54, 1.807) is 0 Å². The van der Waals surface area contributed by atoms with Crippen molar-refractivity contribution >= 4 is 0 Å². The van der Waals surface area contributed by atoms with Crippen LogP contribution in [-0.4, -0.2) is 12.1 Å². The van der Waals surface area contributed by atoms with Crippen molar-refractivity contribution < 1.29 is 4.74 Å². The van der Waals surface area contributed by atoms with Crippen molar-refractivity contribution in [1.82, 2.24) is 0 Å². The van der Waals surface area contributed by atoms with E-state index >= 15 is 0 Å². The van der Waals surface area contributed by atoms with Gasteiger partial charge < -0.3 is 10.5 Å². The first-order valence-electron chi connectivity index (χ1n) is 5.41. The van der Waals surface area contributed by atoms with Gasteiger partial charge >= 0.3 is 0 Å². The summed E-state index contributed by atoms with van der Waals surface area (Å²) in [5.74, 6) is 0.609. The molecule has 0 aromatic heterocycles. The maximum atomic E-state index is 8.97. The lowest BCUT2D eigenvalue weighted by molar-refractivity contribution is 0.225. The molecule has 1 aromatic carbocycles. The Morgan fingerprint density at radius 3 is 2.75 bits per heavy atom. The fraction of sp³-hybridized carbons (Fsp3) is 0.462. The van der Waals surface area contributed by atoms with Crippen LogP contribution in [0.5, 0.6) is 5.75 Å². The predicted molar refractivity (Wildman–Crippen MR) is 64.3 cm³/mol. The van der Waals surface area contributed by atoms with Crippen molar-refractivity contribution in [3.8, 4) is 11.8 Å². The number of aryl methyl sites for hydroxylation is 1. The van der Waals surface area contributed by atoms with Gasteiger partial charge in [0.2, 0.25) is 0 Å². The zero-order valence-corrected chi connectivity index (χ0v) is 10.1. The smallest absolute Gasteiger partial charge is 0.137 e. The monoisotopic (exact) mass is 218 g/mol. The van der Waals surface area contributed by atoms with Gasteiger partial charge in [-0.05, 0) is 38.0 Å². The molecule has 0 fully saturated rings. The Hall–Kier alpha value is -1.53. The van der Waals surface area contributed by atoms with Gasteiger partial charge in [-0.25, -0.2) is 0 Å². The molecule has 0 bridgehead atoms. The number of hydrogen-bond donors (Lipinski definition) is 1. The molecule has 0 radical (unpaired) electrons. The lowest BCUT2D eigenvalue weighted by Crippen LogP contribution is -2.41. The summed E-state index contributed by atoms with van der Waals surface area (Å²) in [5.41, 5.74) is 7.24. The van der Waals surface area contributed by atoms with E-state index in [2.05, 4.69) is 6.07 Å². The zero-order valence-electron chi connectivity index (χ0n) is 10.1. The van der Waals surface area contributed by atoms with Crippen LogP contribution in [0.3, 0.4) is 0 Å². The van der Waals surface area contributed by atoms with Crippen molar-refractivity contribution in [2.75, 3.05) is 6.61 Å². The van der Waals surface area contributed by atoms with E-state index in [9.17, 15) is 0 Å².